The van der Waals surface area contributed by atoms with E-state index in [4.69, 9.17) is 9.41 Å². The molecule has 1 aromatic carbocycles. The van der Waals surface area contributed by atoms with E-state index in [1.807, 2.05) is 42.7 Å². The molecule has 4 heterocycles. The minimum atomic E-state index is 0.494. The summed E-state index contributed by atoms with van der Waals surface area (Å²) in [5.41, 5.74) is 5.57. The van der Waals surface area contributed by atoms with Crippen molar-refractivity contribution in [2.75, 3.05) is 0 Å². The predicted molar refractivity (Wildman–Crippen MR) is 103 cm³/mol. The summed E-state index contributed by atoms with van der Waals surface area (Å²) in [6.07, 6.45) is 5.28. The highest BCUT2D eigenvalue weighted by Crippen LogP contribution is 2.32. The number of aromatic nitrogens is 3. The van der Waals surface area contributed by atoms with Gasteiger partial charge in [0, 0.05) is 16.2 Å². The summed E-state index contributed by atoms with van der Waals surface area (Å²) in [6.45, 7) is 0.494. The van der Waals surface area contributed by atoms with Crippen LogP contribution in [0, 0.1) is 0 Å². The van der Waals surface area contributed by atoms with Crippen LogP contribution in [-0.2, 0) is 6.54 Å². The summed E-state index contributed by atoms with van der Waals surface area (Å²) in [6, 6.07) is 15.8. The summed E-state index contributed by atoms with van der Waals surface area (Å²) in [7, 11) is 0. The molecular weight excluding hydrogens is 392 g/mol. The molecule has 0 radical (unpaired) electrons. The topological polar surface area (TPSA) is 56.2 Å². The van der Waals surface area contributed by atoms with Crippen LogP contribution in [0.15, 0.2) is 81.2 Å². The van der Waals surface area contributed by atoms with Crippen molar-refractivity contribution in [3.05, 3.63) is 88.7 Å². The molecule has 5 rings (SSSR count). The van der Waals surface area contributed by atoms with Crippen LogP contribution >= 0.6 is 15.9 Å². The number of fused-ring (bicyclic) bond motifs is 3. The van der Waals surface area contributed by atoms with E-state index in [1.54, 1.807) is 12.5 Å². The lowest BCUT2D eigenvalue weighted by molar-refractivity contribution is 0.579. The van der Waals surface area contributed by atoms with E-state index in [0.717, 1.165) is 44.3 Å². The number of imidazole rings is 1. The van der Waals surface area contributed by atoms with Gasteiger partial charge < -0.3 is 4.42 Å². The molecular formula is C20H13BrN4O. The molecule has 0 fully saturated rings. The van der Waals surface area contributed by atoms with E-state index < -0.39 is 0 Å². The molecule has 0 saturated carbocycles. The largest absolute Gasteiger partial charge is 0.463 e. The fraction of sp³-hybridized carbons (Fsp3) is 0.0500. The SMILES string of the molecule is Brc1ccc2c(c1)C(c1ccccn1)=NCc1c(-c3ccco3)ncn1-2. The van der Waals surface area contributed by atoms with E-state index in [2.05, 4.69) is 42.6 Å². The van der Waals surface area contributed by atoms with Gasteiger partial charge in [0.15, 0.2) is 5.76 Å². The quantitative estimate of drug-likeness (QED) is 0.488. The molecule has 1 aliphatic rings. The Morgan fingerprint density at radius 2 is 2.00 bits per heavy atom. The number of hydrogen-bond donors (Lipinski definition) is 0. The Hall–Kier alpha value is -2.99. The molecule has 126 valence electrons. The number of halogens is 1. The van der Waals surface area contributed by atoms with E-state index in [-0.39, 0.29) is 0 Å². The molecule has 3 aromatic heterocycles. The van der Waals surface area contributed by atoms with Crippen molar-refractivity contribution in [1.82, 2.24) is 14.5 Å². The molecule has 0 bridgehead atoms. The zero-order valence-electron chi connectivity index (χ0n) is 13.6. The Balaban J connectivity index is 1.76. The Morgan fingerprint density at radius 1 is 1.04 bits per heavy atom. The lowest BCUT2D eigenvalue weighted by Gasteiger charge is -2.11. The van der Waals surface area contributed by atoms with Crippen molar-refractivity contribution in [1.29, 1.82) is 0 Å². The van der Waals surface area contributed by atoms with Gasteiger partial charge in [-0.2, -0.15) is 0 Å². The summed E-state index contributed by atoms with van der Waals surface area (Å²) in [4.78, 5) is 14.0. The maximum atomic E-state index is 5.56. The minimum Gasteiger partial charge on any atom is -0.463 e. The fourth-order valence-electron chi connectivity index (χ4n) is 3.22. The second-order valence-corrected chi connectivity index (χ2v) is 6.84. The lowest BCUT2D eigenvalue weighted by Crippen LogP contribution is -2.08. The number of pyridine rings is 1. The molecule has 6 heteroatoms. The first kappa shape index (κ1) is 15.3. The first-order valence-corrected chi connectivity index (χ1v) is 8.97. The van der Waals surface area contributed by atoms with Crippen molar-refractivity contribution < 1.29 is 4.42 Å². The summed E-state index contributed by atoms with van der Waals surface area (Å²) in [5, 5.41) is 0. The second-order valence-electron chi connectivity index (χ2n) is 5.93. The number of nitrogens with zero attached hydrogens (tertiary/aromatic N) is 4. The highest BCUT2D eigenvalue weighted by Gasteiger charge is 2.23. The van der Waals surface area contributed by atoms with Crippen LogP contribution < -0.4 is 0 Å². The lowest BCUT2D eigenvalue weighted by atomic mass is 10.0. The van der Waals surface area contributed by atoms with Crippen molar-refractivity contribution in [3.63, 3.8) is 0 Å². The summed E-state index contributed by atoms with van der Waals surface area (Å²) in [5.74, 6) is 0.744. The molecule has 26 heavy (non-hydrogen) atoms. The average Bonchev–Trinajstić information content (AvgIpc) is 3.30. The van der Waals surface area contributed by atoms with Gasteiger partial charge in [-0.3, -0.25) is 14.5 Å². The van der Waals surface area contributed by atoms with Crippen LogP contribution in [0.2, 0.25) is 0 Å². The number of aliphatic imine (C=N–C) groups is 1. The van der Waals surface area contributed by atoms with Crippen molar-refractivity contribution in [2.24, 2.45) is 4.99 Å². The van der Waals surface area contributed by atoms with E-state index in [1.165, 1.54) is 0 Å². The maximum Gasteiger partial charge on any atom is 0.154 e. The Bertz CT molecular complexity index is 1110. The number of hydrogen-bond acceptors (Lipinski definition) is 4. The van der Waals surface area contributed by atoms with Gasteiger partial charge in [-0.05, 0) is 42.5 Å². The normalized spacial score (nSPS) is 12.9. The Morgan fingerprint density at radius 3 is 2.81 bits per heavy atom. The molecule has 0 atom stereocenters. The molecule has 4 aromatic rings. The van der Waals surface area contributed by atoms with Crippen LogP contribution in [0.5, 0.6) is 0 Å². The van der Waals surface area contributed by atoms with Crippen LogP contribution in [0.3, 0.4) is 0 Å². The Labute approximate surface area is 158 Å². The van der Waals surface area contributed by atoms with Gasteiger partial charge in [0.05, 0.1) is 35.6 Å². The van der Waals surface area contributed by atoms with Gasteiger partial charge in [-0.1, -0.05) is 22.0 Å². The van der Waals surface area contributed by atoms with Gasteiger partial charge in [-0.25, -0.2) is 4.98 Å². The smallest absolute Gasteiger partial charge is 0.154 e. The van der Waals surface area contributed by atoms with Crippen LogP contribution in [0.25, 0.3) is 17.1 Å². The first-order chi connectivity index (χ1) is 12.8. The zero-order chi connectivity index (χ0) is 17.5. The summed E-state index contributed by atoms with van der Waals surface area (Å²) >= 11 is 3.58. The zero-order valence-corrected chi connectivity index (χ0v) is 15.2. The van der Waals surface area contributed by atoms with Gasteiger partial charge in [0.1, 0.15) is 12.0 Å². The van der Waals surface area contributed by atoms with Crippen molar-refractivity contribution >= 4 is 21.6 Å². The van der Waals surface area contributed by atoms with E-state index >= 15 is 0 Å². The van der Waals surface area contributed by atoms with Crippen LogP contribution in [0.4, 0.5) is 0 Å². The highest BCUT2D eigenvalue weighted by molar-refractivity contribution is 9.10. The Kier molecular flexibility index (Phi) is 3.57. The third kappa shape index (κ3) is 2.42. The van der Waals surface area contributed by atoms with Gasteiger partial charge in [-0.15, -0.1) is 0 Å². The van der Waals surface area contributed by atoms with E-state index in [9.17, 15) is 0 Å². The first-order valence-electron chi connectivity index (χ1n) is 8.17. The van der Waals surface area contributed by atoms with Crippen LogP contribution in [-0.4, -0.2) is 20.2 Å². The third-order valence-electron chi connectivity index (χ3n) is 4.39. The molecule has 0 amide bonds. The summed E-state index contributed by atoms with van der Waals surface area (Å²) < 4.78 is 8.64. The van der Waals surface area contributed by atoms with Gasteiger partial charge in [0.2, 0.25) is 0 Å². The standard InChI is InChI=1S/C20H13BrN4O/c21-13-6-7-16-14(10-13)19(15-4-1-2-8-22-15)23-11-17-20(24-12-25(16)17)18-5-3-9-26-18/h1-10,12H,11H2. The van der Waals surface area contributed by atoms with Crippen molar-refractivity contribution in [2.45, 2.75) is 6.54 Å². The molecule has 5 nitrogen and oxygen atoms in total. The number of furan rings is 1. The fourth-order valence-corrected chi connectivity index (χ4v) is 3.58. The third-order valence-corrected chi connectivity index (χ3v) is 4.88. The molecule has 0 unspecified atom stereocenters. The monoisotopic (exact) mass is 404 g/mol. The van der Waals surface area contributed by atoms with Crippen LogP contribution in [0.1, 0.15) is 17.0 Å². The maximum absolute atomic E-state index is 5.56. The molecule has 0 aliphatic carbocycles. The molecule has 1 aliphatic heterocycles. The number of rotatable bonds is 2. The van der Waals surface area contributed by atoms with Crippen molar-refractivity contribution in [3.8, 4) is 17.1 Å². The van der Waals surface area contributed by atoms with E-state index in [0.29, 0.717) is 6.54 Å². The molecule has 0 spiro atoms. The van der Waals surface area contributed by atoms with Gasteiger partial charge >= 0.3 is 0 Å². The average molecular weight is 405 g/mol. The second kappa shape index (κ2) is 6.07. The minimum absolute atomic E-state index is 0.494. The highest BCUT2D eigenvalue weighted by atomic mass is 79.9. The number of benzene rings is 1. The van der Waals surface area contributed by atoms with Gasteiger partial charge in [0.25, 0.3) is 0 Å². The predicted octanol–water partition coefficient (Wildman–Crippen LogP) is 4.64. The molecule has 0 saturated heterocycles. The molecule has 0 N–H and O–H groups in total.